The number of benzene rings is 1. The van der Waals surface area contributed by atoms with Crippen LogP contribution >= 0.6 is 11.8 Å². The Morgan fingerprint density at radius 1 is 1.24 bits per heavy atom. The van der Waals surface area contributed by atoms with Crippen molar-refractivity contribution in [1.82, 2.24) is 19.3 Å². The summed E-state index contributed by atoms with van der Waals surface area (Å²) in [6.07, 6.45) is 7.41. The minimum atomic E-state index is -0.247. The third-order valence-electron chi connectivity index (χ3n) is 3.26. The average molecular weight is 302 g/mol. The van der Waals surface area contributed by atoms with Gasteiger partial charge in [0.2, 0.25) is 0 Å². The summed E-state index contributed by atoms with van der Waals surface area (Å²) in [4.78, 5) is 4.11. The summed E-state index contributed by atoms with van der Waals surface area (Å²) in [5.74, 6) is -0.247. The van der Waals surface area contributed by atoms with Gasteiger partial charge in [0.1, 0.15) is 22.2 Å². The molecule has 0 unspecified atom stereocenters. The van der Waals surface area contributed by atoms with Gasteiger partial charge in [-0.2, -0.15) is 5.10 Å². The fourth-order valence-electron chi connectivity index (χ4n) is 2.28. The Kier molecular flexibility index (Phi) is 3.79. The molecular weight excluding hydrogens is 287 g/mol. The third-order valence-corrected chi connectivity index (χ3v) is 4.05. The van der Waals surface area contributed by atoms with Crippen molar-refractivity contribution in [2.24, 2.45) is 0 Å². The number of thioether (sulfide) groups is 1. The number of rotatable bonds is 4. The van der Waals surface area contributed by atoms with Gasteiger partial charge in [-0.1, -0.05) is 0 Å². The van der Waals surface area contributed by atoms with Crippen molar-refractivity contribution < 1.29 is 4.39 Å². The molecule has 0 aliphatic carbocycles. The first-order valence-corrected chi connectivity index (χ1v) is 7.86. The van der Waals surface area contributed by atoms with Crippen LogP contribution in [-0.4, -0.2) is 25.6 Å². The van der Waals surface area contributed by atoms with Gasteiger partial charge in [-0.05, 0) is 37.4 Å². The summed E-state index contributed by atoms with van der Waals surface area (Å²) in [6, 6.07) is 6.41. The van der Waals surface area contributed by atoms with Gasteiger partial charge < -0.3 is 4.57 Å². The SMILES string of the molecule is CCn1nc(-c2ccc(F)cc2)c(-n2ccnc2)c1SC. The highest BCUT2D eigenvalue weighted by Crippen LogP contribution is 2.33. The highest BCUT2D eigenvalue weighted by atomic mass is 32.2. The van der Waals surface area contributed by atoms with Gasteiger partial charge in [0.15, 0.2) is 0 Å². The Morgan fingerprint density at radius 3 is 2.57 bits per heavy atom. The highest BCUT2D eigenvalue weighted by molar-refractivity contribution is 7.98. The number of hydrogen-bond donors (Lipinski definition) is 0. The zero-order chi connectivity index (χ0) is 14.8. The van der Waals surface area contributed by atoms with Gasteiger partial charge >= 0.3 is 0 Å². The van der Waals surface area contributed by atoms with E-state index in [1.165, 1.54) is 12.1 Å². The Bertz CT molecular complexity index is 732. The number of halogens is 1. The van der Waals surface area contributed by atoms with Crippen molar-refractivity contribution >= 4 is 11.8 Å². The lowest BCUT2D eigenvalue weighted by atomic mass is 10.1. The number of imidazole rings is 1. The Hall–Kier alpha value is -2.08. The maximum atomic E-state index is 13.1. The first kappa shape index (κ1) is 13.9. The Balaban J connectivity index is 2.24. The smallest absolute Gasteiger partial charge is 0.123 e. The van der Waals surface area contributed by atoms with E-state index in [9.17, 15) is 4.39 Å². The molecule has 0 radical (unpaired) electrons. The summed E-state index contributed by atoms with van der Waals surface area (Å²) in [7, 11) is 0. The van der Waals surface area contributed by atoms with Gasteiger partial charge in [-0.15, -0.1) is 11.8 Å². The lowest BCUT2D eigenvalue weighted by molar-refractivity contribution is 0.605. The summed E-state index contributed by atoms with van der Waals surface area (Å²) < 4.78 is 17.1. The van der Waals surface area contributed by atoms with Crippen LogP contribution < -0.4 is 0 Å². The van der Waals surface area contributed by atoms with Gasteiger partial charge in [0.25, 0.3) is 0 Å². The van der Waals surface area contributed by atoms with E-state index in [1.54, 1.807) is 36.4 Å². The number of nitrogens with zero attached hydrogens (tertiary/aromatic N) is 4. The molecule has 3 rings (SSSR count). The van der Waals surface area contributed by atoms with Gasteiger partial charge in [-0.3, -0.25) is 4.68 Å². The molecule has 0 fully saturated rings. The van der Waals surface area contributed by atoms with E-state index in [0.717, 1.165) is 28.5 Å². The molecule has 0 saturated carbocycles. The molecular formula is C15H15FN4S. The van der Waals surface area contributed by atoms with Crippen LogP contribution in [0.4, 0.5) is 4.39 Å². The fourth-order valence-corrected chi connectivity index (χ4v) is 3.06. The standard InChI is InChI=1S/C15H15FN4S/c1-3-20-15(21-2)14(19-9-8-17-10-19)13(18-20)11-4-6-12(16)7-5-11/h4-10H,3H2,1-2H3. The van der Waals surface area contributed by atoms with E-state index in [1.807, 2.05) is 21.7 Å². The van der Waals surface area contributed by atoms with E-state index in [4.69, 9.17) is 0 Å². The third kappa shape index (κ3) is 2.47. The molecule has 0 spiro atoms. The highest BCUT2D eigenvalue weighted by Gasteiger charge is 2.19. The predicted octanol–water partition coefficient (Wildman–Crippen LogP) is 3.62. The van der Waals surface area contributed by atoms with Crippen LogP contribution in [0.2, 0.25) is 0 Å². The van der Waals surface area contributed by atoms with Crippen LogP contribution in [0.1, 0.15) is 6.92 Å². The molecule has 0 atom stereocenters. The van der Waals surface area contributed by atoms with Crippen molar-refractivity contribution in [1.29, 1.82) is 0 Å². The Labute approximate surface area is 126 Å². The second-order valence-electron chi connectivity index (χ2n) is 4.50. The molecule has 0 aliphatic rings. The van der Waals surface area contributed by atoms with Crippen LogP contribution in [0.25, 0.3) is 16.9 Å². The molecule has 0 N–H and O–H groups in total. The summed E-state index contributed by atoms with van der Waals surface area (Å²) >= 11 is 1.64. The van der Waals surface area contributed by atoms with Crippen molar-refractivity contribution in [2.45, 2.75) is 18.5 Å². The van der Waals surface area contributed by atoms with Crippen LogP contribution in [-0.2, 0) is 6.54 Å². The number of aromatic nitrogens is 4. The topological polar surface area (TPSA) is 35.6 Å². The predicted molar refractivity (Wildman–Crippen MR) is 82.2 cm³/mol. The molecule has 0 amide bonds. The van der Waals surface area contributed by atoms with Crippen molar-refractivity contribution in [3.05, 3.63) is 48.8 Å². The van der Waals surface area contributed by atoms with Crippen LogP contribution in [0, 0.1) is 5.82 Å². The summed E-state index contributed by atoms with van der Waals surface area (Å²) in [6.45, 7) is 2.83. The van der Waals surface area contributed by atoms with Crippen molar-refractivity contribution in [3.63, 3.8) is 0 Å². The van der Waals surface area contributed by atoms with Crippen LogP contribution in [0.15, 0.2) is 48.0 Å². The first-order valence-electron chi connectivity index (χ1n) is 6.63. The molecule has 21 heavy (non-hydrogen) atoms. The monoisotopic (exact) mass is 302 g/mol. The first-order chi connectivity index (χ1) is 10.2. The fraction of sp³-hybridized carbons (Fsp3) is 0.200. The maximum absolute atomic E-state index is 13.1. The summed E-state index contributed by atoms with van der Waals surface area (Å²) in [5, 5.41) is 5.74. The summed E-state index contributed by atoms with van der Waals surface area (Å²) in [5.41, 5.74) is 2.70. The molecule has 0 aliphatic heterocycles. The maximum Gasteiger partial charge on any atom is 0.123 e. The van der Waals surface area contributed by atoms with Crippen molar-refractivity contribution in [3.8, 4) is 16.9 Å². The van der Waals surface area contributed by atoms with Crippen LogP contribution in [0.5, 0.6) is 0 Å². The lowest BCUT2D eigenvalue weighted by Gasteiger charge is -2.06. The normalized spacial score (nSPS) is 11.0. The molecule has 3 aromatic rings. The number of hydrogen-bond acceptors (Lipinski definition) is 3. The molecule has 108 valence electrons. The minimum absolute atomic E-state index is 0.247. The van der Waals surface area contributed by atoms with Gasteiger partial charge in [0, 0.05) is 24.5 Å². The van der Waals surface area contributed by atoms with E-state index < -0.39 is 0 Å². The zero-order valence-corrected chi connectivity index (χ0v) is 12.6. The van der Waals surface area contributed by atoms with Gasteiger partial charge in [-0.25, -0.2) is 9.37 Å². The minimum Gasteiger partial charge on any atom is -0.302 e. The lowest BCUT2D eigenvalue weighted by Crippen LogP contribution is -1.99. The van der Waals surface area contributed by atoms with Crippen LogP contribution in [0.3, 0.4) is 0 Å². The van der Waals surface area contributed by atoms with E-state index >= 15 is 0 Å². The molecule has 4 nitrogen and oxygen atoms in total. The van der Waals surface area contributed by atoms with E-state index in [-0.39, 0.29) is 5.82 Å². The molecule has 6 heteroatoms. The Morgan fingerprint density at radius 2 is 2.00 bits per heavy atom. The van der Waals surface area contributed by atoms with Gasteiger partial charge in [0.05, 0.1) is 6.33 Å². The van der Waals surface area contributed by atoms with E-state index in [2.05, 4.69) is 17.0 Å². The second kappa shape index (κ2) is 5.73. The molecule has 2 heterocycles. The average Bonchev–Trinajstić information content (AvgIpc) is 3.14. The van der Waals surface area contributed by atoms with Crippen molar-refractivity contribution in [2.75, 3.05) is 6.26 Å². The second-order valence-corrected chi connectivity index (χ2v) is 5.29. The quantitative estimate of drug-likeness (QED) is 0.691. The largest absolute Gasteiger partial charge is 0.302 e. The molecule has 0 bridgehead atoms. The zero-order valence-electron chi connectivity index (χ0n) is 11.8. The number of aryl methyl sites for hydroxylation is 1. The molecule has 1 aromatic carbocycles. The van der Waals surface area contributed by atoms with E-state index in [0.29, 0.717) is 0 Å². The molecule has 0 saturated heterocycles. The molecule has 2 aromatic heterocycles.